The quantitative estimate of drug-likeness (QED) is 0.240. The highest BCUT2D eigenvalue weighted by atomic mass is 14.9. The Morgan fingerprint density at radius 3 is 2.29 bits per heavy atom. The molecule has 0 spiro atoms. The Balaban J connectivity index is 1.33. The third-order valence-electron chi connectivity index (χ3n) is 7.70. The van der Waals surface area contributed by atoms with Gasteiger partial charge in [0.05, 0.1) is 27.6 Å². The van der Waals surface area contributed by atoms with E-state index in [0.29, 0.717) is 5.92 Å². The normalized spacial score (nSPS) is 12.3. The van der Waals surface area contributed by atoms with Crippen LogP contribution < -0.4 is 0 Å². The van der Waals surface area contributed by atoms with E-state index < -0.39 is 0 Å². The molecule has 38 heavy (non-hydrogen) atoms. The maximum absolute atomic E-state index is 4.92. The van der Waals surface area contributed by atoms with E-state index in [1.165, 1.54) is 27.1 Å². The minimum atomic E-state index is 0.360. The zero-order valence-electron chi connectivity index (χ0n) is 21.3. The molecule has 182 valence electrons. The van der Waals surface area contributed by atoms with E-state index in [0.717, 1.165) is 61.0 Å². The number of aromatic nitrogens is 6. The number of nitrogens with one attached hydrogen (secondary N) is 2. The molecule has 0 radical (unpaired) electrons. The van der Waals surface area contributed by atoms with Crippen LogP contribution in [0, 0.1) is 6.92 Å². The van der Waals surface area contributed by atoms with E-state index in [1.54, 1.807) is 6.33 Å². The Labute approximate surface area is 217 Å². The van der Waals surface area contributed by atoms with Crippen LogP contribution >= 0.6 is 0 Å². The molecular weight excluding hydrogens is 468 g/mol. The smallest absolute Gasteiger partial charge is 0.116 e. The van der Waals surface area contributed by atoms with Gasteiger partial charge in [-0.1, -0.05) is 56.3 Å². The van der Waals surface area contributed by atoms with Gasteiger partial charge in [0.1, 0.15) is 18.0 Å². The average molecular weight is 493 g/mol. The summed E-state index contributed by atoms with van der Waals surface area (Å²) in [7, 11) is 0. The van der Waals surface area contributed by atoms with Crippen LogP contribution in [-0.4, -0.2) is 29.9 Å². The van der Waals surface area contributed by atoms with Gasteiger partial charge < -0.3 is 9.97 Å². The summed E-state index contributed by atoms with van der Waals surface area (Å²) in [6.45, 7) is 6.31. The first kappa shape index (κ1) is 21.3. The van der Waals surface area contributed by atoms with Crippen LogP contribution in [0.25, 0.3) is 76.4 Å². The van der Waals surface area contributed by atoms with Crippen molar-refractivity contribution in [3.8, 4) is 11.1 Å². The molecule has 0 saturated heterocycles. The summed E-state index contributed by atoms with van der Waals surface area (Å²) < 4.78 is 0. The minimum absolute atomic E-state index is 0.360. The van der Waals surface area contributed by atoms with Crippen molar-refractivity contribution in [2.75, 3.05) is 0 Å². The van der Waals surface area contributed by atoms with E-state index >= 15 is 0 Å². The lowest BCUT2D eigenvalue weighted by molar-refractivity contribution is 0.799. The molecule has 0 atom stereocenters. The van der Waals surface area contributed by atoms with Crippen molar-refractivity contribution in [3.05, 3.63) is 84.8 Å². The molecule has 3 aromatic heterocycles. The third-order valence-corrected chi connectivity index (χ3v) is 7.70. The number of hydrogen-bond donors (Lipinski definition) is 2. The maximum Gasteiger partial charge on any atom is 0.116 e. The van der Waals surface area contributed by atoms with Crippen LogP contribution in [0.2, 0.25) is 0 Å². The standard InChI is InChI=1S/C32H24N6/c1-16(2)32-37-27-11-10-22-21-7-4-18(12-20(21)6-9-23(22)28(27)38-32)19-5-8-24-25(13-19)26-14-33-15-34-29(26)31-30(24)35-17(3)36-31/h4-16H,1-3H3,(H,35,36)(H,37,38). The molecule has 0 bridgehead atoms. The Morgan fingerprint density at radius 1 is 0.658 bits per heavy atom. The van der Waals surface area contributed by atoms with E-state index in [1.807, 2.05) is 13.1 Å². The van der Waals surface area contributed by atoms with Crippen LogP contribution in [0.5, 0.6) is 0 Å². The fourth-order valence-corrected chi connectivity index (χ4v) is 5.83. The first-order valence-electron chi connectivity index (χ1n) is 12.9. The number of nitrogens with zero attached hydrogens (tertiary/aromatic N) is 4. The molecule has 0 amide bonds. The number of benzene rings is 5. The average Bonchev–Trinajstić information content (AvgIpc) is 3.56. The highest BCUT2D eigenvalue weighted by molar-refractivity contribution is 6.22. The lowest BCUT2D eigenvalue weighted by Crippen LogP contribution is -1.88. The zero-order valence-corrected chi connectivity index (χ0v) is 21.3. The molecule has 8 rings (SSSR count). The number of H-pyrrole nitrogens is 2. The molecule has 8 aromatic rings. The van der Waals surface area contributed by atoms with Crippen molar-refractivity contribution in [3.63, 3.8) is 0 Å². The van der Waals surface area contributed by atoms with Crippen LogP contribution in [0.15, 0.2) is 73.2 Å². The van der Waals surface area contributed by atoms with Gasteiger partial charge in [-0.2, -0.15) is 0 Å². The molecule has 0 unspecified atom stereocenters. The van der Waals surface area contributed by atoms with Crippen molar-refractivity contribution in [2.45, 2.75) is 26.7 Å². The Hall–Kier alpha value is -4.84. The van der Waals surface area contributed by atoms with E-state index in [-0.39, 0.29) is 0 Å². The molecule has 0 saturated carbocycles. The highest BCUT2D eigenvalue weighted by Gasteiger charge is 2.15. The summed E-state index contributed by atoms with van der Waals surface area (Å²) in [6, 6.07) is 22.1. The lowest BCUT2D eigenvalue weighted by Gasteiger charge is -2.10. The van der Waals surface area contributed by atoms with Crippen LogP contribution in [-0.2, 0) is 0 Å². The van der Waals surface area contributed by atoms with E-state index in [2.05, 4.69) is 94.4 Å². The summed E-state index contributed by atoms with van der Waals surface area (Å²) in [5, 5.41) is 8.08. The number of hydrogen-bond acceptors (Lipinski definition) is 4. The lowest BCUT2D eigenvalue weighted by atomic mass is 9.95. The Morgan fingerprint density at radius 2 is 1.42 bits per heavy atom. The zero-order chi connectivity index (χ0) is 25.5. The fourth-order valence-electron chi connectivity index (χ4n) is 5.83. The van der Waals surface area contributed by atoms with Crippen LogP contribution in [0.4, 0.5) is 0 Å². The van der Waals surface area contributed by atoms with Gasteiger partial charge in [0, 0.05) is 28.3 Å². The Bertz CT molecular complexity index is 2240. The predicted octanol–water partition coefficient (Wildman–Crippen LogP) is 7.94. The monoisotopic (exact) mass is 492 g/mol. The van der Waals surface area contributed by atoms with Gasteiger partial charge in [0.2, 0.25) is 0 Å². The molecule has 0 fully saturated rings. The molecule has 2 N–H and O–H groups in total. The van der Waals surface area contributed by atoms with Gasteiger partial charge >= 0.3 is 0 Å². The van der Waals surface area contributed by atoms with Gasteiger partial charge in [-0.25, -0.2) is 19.9 Å². The van der Waals surface area contributed by atoms with Crippen molar-refractivity contribution < 1.29 is 0 Å². The van der Waals surface area contributed by atoms with E-state index in [4.69, 9.17) is 9.97 Å². The summed E-state index contributed by atoms with van der Waals surface area (Å²) in [6.07, 6.45) is 3.50. The summed E-state index contributed by atoms with van der Waals surface area (Å²) in [4.78, 5) is 25.5. The third kappa shape index (κ3) is 2.94. The molecule has 3 heterocycles. The molecule has 0 aliphatic carbocycles. The van der Waals surface area contributed by atoms with Gasteiger partial charge in [-0.15, -0.1) is 0 Å². The van der Waals surface area contributed by atoms with Crippen LogP contribution in [0.3, 0.4) is 0 Å². The summed E-state index contributed by atoms with van der Waals surface area (Å²) >= 11 is 0. The molecule has 6 heteroatoms. The second-order valence-corrected chi connectivity index (χ2v) is 10.4. The first-order valence-corrected chi connectivity index (χ1v) is 12.9. The number of imidazole rings is 2. The number of rotatable bonds is 2. The first-order chi connectivity index (χ1) is 18.5. The van der Waals surface area contributed by atoms with Crippen LogP contribution in [0.1, 0.15) is 31.4 Å². The van der Waals surface area contributed by atoms with Gasteiger partial charge in [0.15, 0.2) is 0 Å². The second-order valence-electron chi connectivity index (χ2n) is 10.4. The molecule has 0 aliphatic heterocycles. The van der Waals surface area contributed by atoms with Gasteiger partial charge in [-0.3, -0.25) is 0 Å². The van der Waals surface area contributed by atoms with Crippen molar-refractivity contribution in [2.24, 2.45) is 0 Å². The largest absolute Gasteiger partial charge is 0.342 e. The molecule has 0 aliphatic rings. The predicted molar refractivity (Wildman–Crippen MR) is 156 cm³/mol. The molecule has 5 aromatic carbocycles. The number of aromatic amines is 2. The Kier molecular flexibility index (Phi) is 4.24. The SMILES string of the molecule is Cc1nc2c3ccc(-c4ccc5c(ccc6c5ccc5[nH]c(C(C)C)nc56)c4)cc3c3cncnc3c2[nH]1. The molecular formula is C32H24N6. The summed E-state index contributed by atoms with van der Waals surface area (Å²) in [5.41, 5.74) is 7.27. The summed E-state index contributed by atoms with van der Waals surface area (Å²) in [5.74, 6) is 2.27. The highest BCUT2D eigenvalue weighted by Crippen LogP contribution is 2.37. The van der Waals surface area contributed by atoms with Crippen molar-refractivity contribution in [1.82, 2.24) is 29.9 Å². The van der Waals surface area contributed by atoms with Gasteiger partial charge in [0.25, 0.3) is 0 Å². The molecule has 6 nitrogen and oxygen atoms in total. The number of fused-ring (bicyclic) bond motifs is 11. The topological polar surface area (TPSA) is 83.1 Å². The van der Waals surface area contributed by atoms with E-state index in [9.17, 15) is 0 Å². The van der Waals surface area contributed by atoms with Gasteiger partial charge in [-0.05, 0) is 57.8 Å². The maximum atomic E-state index is 4.92. The second kappa shape index (κ2) is 7.59. The van der Waals surface area contributed by atoms with Crippen molar-refractivity contribution >= 4 is 65.3 Å². The number of aryl methyl sites for hydroxylation is 1. The minimum Gasteiger partial charge on any atom is -0.342 e. The van der Waals surface area contributed by atoms with Crippen molar-refractivity contribution in [1.29, 1.82) is 0 Å². The fraction of sp³-hybridized carbons (Fsp3) is 0.125.